The molecule has 1 atom stereocenters. The maximum Gasteiger partial charge on any atom is 0.263 e. The number of anilines is 1. The summed E-state index contributed by atoms with van der Waals surface area (Å²) in [5, 5.41) is 4.83. The molecular weight excluding hydrogens is 395 g/mol. The number of pyridine rings is 1. The van der Waals surface area contributed by atoms with Gasteiger partial charge in [-0.1, -0.05) is 18.2 Å². The number of rotatable bonds is 4. The first kappa shape index (κ1) is 18.9. The molecule has 154 valence electrons. The fourth-order valence-electron chi connectivity index (χ4n) is 3.88. The SMILES string of the molecule is Cc1cccc2cc(C(C)Nc3ncnc4[nH]cnc34)n(-c3ccc(F)cc3)c(=O)c12. The number of imidazole rings is 1. The minimum atomic E-state index is -0.358. The molecule has 0 radical (unpaired) electrons. The Morgan fingerprint density at radius 2 is 1.90 bits per heavy atom. The Morgan fingerprint density at radius 1 is 1.10 bits per heavy atom. The van der Waals surface area contributed by atoms with Crippen molar-refractivity contribution >= 4 is 27.8 Å². The fourth-order valence-corrected chi connectivity index (χ4v) is 3.88. The number of nitrogens with zero attached hydrogens (tertiary/aromatic N) is 4. The van der Waals surface area contributed by atoms with Gasteiger partial charge in [0.15, 0.2) is 11.5 Å². The third-order valence-corrected chi connectivity index (χ3v) is 5.38. The van der Waals surface area contributed by atoms with E-state index in [1.165, 1.54) is 18.5 Å². The predicted molar refractivity (Wildman–Crippen MR) is 118 cm³/mol. The normalized spacial score (nSPS) is 12.4. The van der Waals surface area contributed by atoms with Gasteiger partial charge in [0, 0.05) is 11.4 Å². The highest BCUT2D eigenvalue weighted by atomic mass is 19.1. The van der Waals surface area contributed by atoms with Gasteiger partial charge in [-0.2, -0.15) is 0 Å². The van der Waals surface area contributed by atoms with E-state index < -0.39 is 0 Å². The van der Waals surface area contributed by atoms with E-state index in [2.05, 4.69) is 25.3 Å². The van der Waals surface area contributed by atoms with Crippen LogP contribution in [-0.2, 0) is 0 Å². The van der Waals surface area contributed by atoms with Crippen molar-refractivity contribution in [3.05, 3.63) is 88.6 Å². The molecule has 0 aliphatic carbocycles. The molecule has 7 nitrogen and oxygen atoms in total. The van der Waals surface area contributed by atoms with Gasteiger partial charge in [-0.3, -0.25) is 9.36 Å². The van der Waals surface area contributed by atoms with E-state index in [0.29, 0.717) is 28.1 Å². The van der Waals surface area contributed by atoms with Crippen molar-refractivity contribution < 1.29 is 4.39 Å². The number of benzene rings is 2. The Bertz CT molecular complexity index is 1470. The summed E-state index contributed by atoms with van der Waals surface area (Å²) < 4.78 is 15.2. The van der Waals surface area contributed by atoms with Gasteiger partial charge in [0.1, 0.15) is 17.7 Å². The molecule has 0 spiro atoms. The van der Waals surface area contributed by atoms with Crippen LogP contribution < -0.4 is 10.9 Å². The van der Waals surface area contributed by atoms with Gasteiger partial charge in [0.25, 0.3) is 5.56 Å². The first-order chi connectivity index (χ1) is 15.0. The van der Waals surface area contributed by atoms with E-state index in [0.717, 1.165) is 16.6 Å². The fraction of sp³-hybridized carbons (Fsp3) is 0.130. The zero-order valence-corrected chi connectivity index (χ0v) is 16.9. The topological polar surface area (TPSA) is 88.5 Å². The molecule has 0 saturated carbocycles. The van der Waals surface area contributed by atoms with Crippen LogP contribution in [0, 0.1) is 12.7 Å². The molecule has 2 aromatic carbocycles. The largest absolute Gasteiger partial charge is 0.360 e. The van der Waals surface area contributed by atoms with Crippen molar-refractivity contribution in [2.75, 3.05) is 5.32 Å². The molecule has 0 aliphatic rings. The highest BCUT2D eigenvalue weighted by Gasteiger charge is 2.19. The molecule has 8 heteroatoms. The zero-order chi connectivity index (χ0) is 21.5. The van der Waals surface area contributed by atoms with Crippen LogP contribution in [0.2, 0.25) is 0 Å². The highest BCUT2D eigenvalue weighted by molar-refractivity contribution is 5.86. The quantitative estimate of drug-likeness (QED) is 0.458. The molecule has 0 saturated heterocycles. The van der Waals surface area contributed by atoms with E-state index >= 15 is 0 Å². The highest BCUT2D eigenvalue weighted by Crippen LogP contribution is 2.26. The minimum absolute atomic E-state index is 0.154. The summed E-state index contributed by atoms with van der Waals surface area (Å²) in [4.78, 5) is 29.3. The summed E-state index contributed by atoms with van der Waals surface area (Å²) in [6, 6.07) is 13.3. The van der Waals surface area contributed by atoms with Crippen molar-refractivity contribution in [2.45, 2.75) is 19.9 Å². The third kappa shape index (κ3) is 3.22. The molecule has 3 heterocycles. The number of nitrogens with one attached hydrogen (secondary N) is 2. The van der Waals surface area contributed by atoms with Crippen LogP contribution in [0.25, 0.3) is 27.6 Å². The van der Waals surface area contributed by atoms with E-state index in [1.807, 2.05) is 38.1 Å². The van der Waals surface area contributed by atoms with E-state index in [4.69, 9.17) is 0 Å². The van der Waals surface area contributed by atoms with Crippen LogP contribution in [0.4, 0.5) is 10.2 Å². The maximum absolute atomic E-state index is 13.6. The van der Waals surface area contributed by atoms with Crippen molar-refractivity contribution in [3.8, 4) is 5.69 Å². The third-order valence-electron chi connectivity index (χ3n) is 5.38. The molecule has 0 bridgehead atoms. The molecule has 2 N–H and O–H groups in total. The molecule has 1 unspecified atom stereocenters. The Labute approximate surface area is 176 Å². The van der Waals surface area contributed by atoms with Gasteiger partial charge in [0.05, 0.1) is 17.8 Å². The maximum atomic E-state index is 13.6. The summed E-state index contributed by atoms with van der Waals surface area (Å²) in [5.74, 6) is 0.199. The summed E-state index contributed by atoms with van der Waals surface area (Å²) >= 11 is 0. The van der Waals surface area contributed by atoms with E-state index in [1.54, 1.807) is 23.0 Å². The molecule has 0 aliphatic heterocycles. The number of aryl methyl sites for hydroxylation is 1. The Morgan fingerprint density at radius 3 is 2.71 bits per heavy atom. The standard InChI is InChI=1S/C23H19FN6O/c1-13-4-3-5-15-10-18(14(2)29-22-20-21(26-11-25-20)27-12-28-22)30(23(31)19(13)15)17-8-6-16(24)7-9-17/h3-12,14H,1-2H3,(H2,25,26,27,28,29). The zero-order valence-electron chi connectivity index (χ0n) is 16.9. The Kier molecular flexibility index (Phi) is 4.47. The van der Waals surface area contributed by atoms with Gasteiger partial charge >= 0.3 is 0 Å². The number of aromatic nitrogens is 5. The number of H-pyrrole nitrogens is 1. The molecule has 31 heavy (non-hydrogen) atoms. The summed E-state index contributed by atoms with van der Waals surface area (Å²) in [6.07, 6.45) is 3.01. The first-order valence-corrected chi connectivity index (χ1v) is 9.85. The number of fused-ring (bicyclic) bond motifs is 2. The first-order valence-electron chi connectivity index (χ1n) is 9.85. The number of hydrogen-bond donors (Lipinski definition) is 2. The van der Waals surface area contributed by atoms with Crippen LogP contribution in [-0.4, -0.2) is 24.5 Å². The number of aromatic amines is 1. The van der Waals surface area contributed by atoms with Crippen molar-refractivity contribution in [1.82, 2.24) is 24.5 Å². The average Bonchev–Trinajstić information content (AvgIpc) is 3.24. The van der Waals surface area contributed by atoms with Gasteiger partial charge in [0.2, 0.25) is 0 Å². The van der Waals surface area contributed by atoms with Gasteiger partial charge in [-0.15, -0.1) is 0 Å². The molecule has 0 fully saturated rings. The second-order valence-electron chi connectivity index (χ2n) is 7.41. The van der Waals surface area contributed by atoms with Gasteiger partial charge in [-0.05, 0) is 55.1 Å². The molecule has 3 aromatic heterocycles. The predicted octanol–water partition coefficient (Wildman–Crippen LogP) is 4.28. The lowest BCUT2D eigenvalue weighted by Crippen LogP contribution is -2.26. The summed E-state index contributed by atoms with van der Waals surface area (Å²) in [6.45, 7) is 3.85. The minimum Gasteiger partial charge on any atom is -0.360 e. The van der Waals surface area contributed by atoms with Crippen LogP contribution in [0.1, 0.15) is 24.2 Å². The van der Waals surface area contributed by atoms with Crippen LogP contribution >= 0.6 is 0 Å². The summed E-state index contributed by atoms with van der Waals surface area (Å²) in [5.41, 5.74) is 3.28. The van der Waals surface area contributed by atoms with Gasteiger partial charge < -0.3 is 10.3 Å². The second kappa shape index (κ2) is 7.32. The molecule has 5 rings (SSSR count). The van der Waals surface area contributed by atoms with Gasteiger partial charge in [-0.25, -0.2) is 19.3 Å². The van der Waals surface area contributed by atoms with Crippen molar-refractivity contribution in [1.29, 1.82) is 0 Å². The number of halogens is 1. The lowest BCUT2D eigenvalue weighted by molar-refractivity contribution is 0.627. The Balaban J connectivity index is 1.71. The van der Waals surface area contributed by atoms with E-state index in [9.17, 15) is 9.18 Å². The Hall–Kier alpha value is -4.07. The lowest BCUT2D eigenvalue weighted by Gasteiger charge is -2.21. The average molecular weight is 414 g/mol. The molecular formula is C23H19FN6O. The molecule has 0 amide bonds. The molecule has 5 aromatic rings. The smallest absolute Gasteiger partial charge is 0.263 e. The second-order valence-corrected chi connectivity index (χ2v) is 7.41. The summed E-state index contributed by atoms with van der Waals surface area (Å²) in [7, 11) is 0. The van der Waals surface area contributed by atoms with Crippen LogP contribution in [0.3, 0.4) is 0 Å². The van der Waals surface area contributed by atoms with Crippen LogP contribution in [0.15, 0.2) is 66.0 Å². The number of hydrogen-bond acceptors (Lipinski definition) is 5. The van der Waals surface area contributed by atoms with Crippen molar-refractivity contribution in [2.24, 2.45) is 0 Å². The van der Waals surface area contributed by atoms with Crippen molar-refractivity contribution in [3.63, 3.8) is 0 Å². The monoisotopic (exact) mass is 414 g/mol. The lowest BCUT2D eigenvalue weighted by atomic mass is 10.0. The van der Waals surface area contributed by atoms with E-state index in [-0.39, 0.29) is 17.4 Å². The van der Waals surface area contributed by atoms with Crippen LogP contribution in [0.5, 0.6) is 0 Å².